The molecular weight excluding hydrogens is 465 g/mol. The minimum atomic E-state index is 0.0941. The number of hydrogen-bond donors (Lipinski definition) is 2. The summed E-state index contributed by atoms with van der Waals surface area (Å²) < 4.78 is 1.19. The first-order valence-corrected chi connectivity index (χ1v) is 10.8. The van der Waals surface area contributed by atoms with Gasteiger partial charge in [0.05, 0.1) is 0 Å². The van der Waals surface area contributed by atoms with Gasteiger partial charge in [0, 0.05) is 47.9 Å². The van der Waals surface area contributed by atoms with Gasteiger partial charge in [0.25, 0.3) is 0 Å². The van der Waals surface area contributed by atoms with Crippen molar-refractivity contribution in [1.82, 2.24) is 15.3 Å². The third-order valence-corrected chi connectivity index (χ3v) is 5.76. The summed E-state index contributed by atoms with van der Waals surface area (Å²) in [4.78, 5) is 23.6. The number of nitrogens with zero attached hydrogens (tertiary/aromatic N) is 3. The molecule has 1 aromatic carbocycles. The van der Waals surface area contributed by atoms with Crippen LogP contribution in [0.5, 0.6) is 0 Å². The topological polar surface area (TPSA) is 70.2 Å². The van der Waals surface area contributed by atoms with E-state index in [2.05, 4.69) is 55.3 Å². The first kappa shape index (κ1) is 20.8. The molecule has 2 aromatic rings. The monoisotopic (exact) mass is 493 g/mol. The van der Waals surface area contributed by atoms with Gasteiger partial charge in [-0.1, -0.05) is 12.1 Å². The highest BCUT2D eigenvalue weighted by atomic mass is 127. The molecule has 0 bridgehead atoms. The van der Waals surface area contributed by atoms with E-state index in [0.717, 1.165) is 42.8 Å². The van der Waals surface area contributed by atoms with Gasteiger partial charge in [-0.05, 0) is 72.9 Å². The van der Waals surface area contributed by atoms with E-state index in [1.807, 2.05) is 44.1 Å². The molecule has 0 atom stereocenters. The highest BCUT2D eigenvalue weighted by molar-refractivity contribution is 14.1. The number of nitrogens with one attached hydrogen (secondary N) is 2. The van der Waals surface area contributed by atoms with E-state index < -0.39 is 0 Å². The molecule has 150 valence electrons. The Morgan fingerprint density at radius 2 is 1.93 bits per heavy atom. The molecule has 3 rings (SSSR count). The third kappa shape index (κ3) is 5.80. The van der Waals surface area contributed by atoms with Crippen LogP contribution in [0.2, 0.25) is 0 Å². The number of aryl methyl sites for hydroxylation is 1. The van der Waals surface area contributed by atoms with Crippen molar-refractivity contribution in [3.05, 3.63) is 45.2 Å². The van der Waals surface area contributed by atoms with Gasteiger partial charge in [0.2, 0.25) is 11.9 Å². The van der Waals surface area contributed by atoms with E-state index in [9.17, 15) is 4.79 Å². The normalized spacial score (nSPS) is 19.1. The van der Waals surface area contributed by atoms with Gasteiger partial charge < -0.3 is 15.5 Å². The van der Waals surface area contributed by atoms with Crippen LogP contribution in [0.4, 0.5) is 11.8 Å². The molecule has 1 fully saturated rings. The summed E-state index contributed by atoms with van der Waals surface area (Å²) in [6.45, 7) is 2.58. The van der Waals surface area contributed by atoms with E-state index in [0.29, 0.717) is 18.5 Å². The van der Waals surface area contributed by atoms with Crippen LogP contribution in [0.25, 0.3) is 0 Å². The Bertz CT molecular complexity index is 818. The molecule has 0 saturated heterocycles. The molecule has 0 radical (unpaired) electrons. The quantitative estimate of drug-likeness (QED) is 0.601. The van der Waals surface area contributed by atoms with Crippen molar-refractivity contribution >= 4 is 40.3 Å². The summed E-state index contributed by atoms with van der Waals surface area (Å²) in [5.74, 6) is 1.84. The molecule has 2 N–H and O–H groups in total. The molecule has 0 unspecified atom stereocenters. The van der Waals surface area contributed by atoms with Crippen LogP contribution in [-0.4, -0.2) is 36.0 Å². The Balaban J connectivity index is 1.48. The van der Waals surface area contributed by atoms with Gasteiger partial charge in [-0.2, -0.15) is 4.98 Å². The fraction of sp³-hybridized carbons (Fsp3) is 0.476. The maximum atomic E-state index is 12.5. The van der Waals surface area contributed by atoms with Gasteiger partial charge in [-0.25, -0.2) is 4.98 Å². The number of aromatic nitrogens is 2. The predicted octanol–water partition coefficient (Wildman–Crippen LogP) is 3.74. The van der Waals surface area contributed by atoms with Crippen molar-refractivity contribution in [3.8, 4) is 0 Å². The fourth-order valence-electron chi connectivity index (χ4n) is 3.51. The van der Waals surface area contributed by atoms with E-state index in [4.69, 9.17) is 0 Å². The summed E-state index contributed by atoms with van der Waals surface area (Å²) in [7, 11) is 3.96. The van der Waals surface area contributed by atoms with E-state index >= 15 is 0 Å². The second kappa shape index (κ2) is 9.54. The summed E-state index contributed by atoms with van der Waals surface area (Å²) >= 11 is 2.29. The number of anilines is 2. The van der Waals surface area contributed by atoms with Crippen molar-refractivity contribution in [2.24, 2.45) is 5.92 Å². The molecule has 1 heterocycles. The smallest absolute Gasteiger partial charge is 0.225 e. The zero-order chi connectivity index (χ0) is 20.1. The van der Waals surface area contributed by atoms with Crippen molar-refractivity contribution < 1.29 is 4.79 Å². The Hall–Kier alpha value is -1.90. The number of carbonyl (C=O) groups is 1. The summed E-state index contributed by atoms with van der Waals surface area (Å²) in [5, 5.41) is 6.55. The number of benzene rings is 1. The molecule has 1 amide bonds. The van der Waals surface area contributed by atoms with Gasteiger partial charge >= 0.3 is 0 Å². The molecule has 6 nitrogen and oxygen atoms in total. The Morgan fingerprint density at radius 3 is 2.61 bits per heavy atom. The molecule has 7 heteroatoms. The molecule has 1 saturated carbocycles. The number of hydrogen-bond acceptors (Lipinski definition) is 5. The Morgan fingerprint density at radius 1 is 1.18 bits per heavy atom. The minimum Gasteiger partial charge on any atom is -0.363 e. The number of amides is 1. The minimum absolute atomic E-state index is 0.0941. The van der Waals surface area contributed by atoms with Crippen molar-refractivity contribution in [1.29, 1.82) is 0 Å². The van der Waals surface area contributed by atoms with Crippen LogP contribution in [0, 0.1) is 16.4 Å². The molecule has 1 aliphatic carbocycles. The van der Waals surface area contributed by atoms with Gasteiger partial charge in [-0.15, -0.1) is 0 Å². The maximum absolute atomic E-state index is 12.5. The average molecular weight is 493 g/mol. The zero-order valence-corrected chi connectivity index (χ0v) is 18.9. The molecule has 1 aromatic heterocycles. The number of rotatable bonds is 6. The van der Waals surface area contributed by atoms with Gasteiger partial charge in [-0.3, -0.25) is 4.79 Å². The van der Waals surface area contributed by atoms with E-state index in [-0.39, 0.29) is 11.8 Å². The molecule has 28 heavy (non-hydrogen) atoms. The zero-order valence-electron chi connectivity index (χ0n) is 16.7. The number of halogens is 1. The van der Waals surface area contributed by atoms with Crippen LogP contribution < -0.4 is 15.5 Å². The molecule has 0 aliphatic heterocycles. The lowest BCUT2D eigenvalue weighted by molar-refractivity contribution is -0.126. The lowest BCUT2D eigenvalue weighted by Gasteiger charge is -2.28. The molecule has 1 aliphatic rings. The highest BCUT2D eigenvalue weighted by Gasteiger charge is 2.26. The van der Waals surface area contributed by atoms with Gasteiger partial charge in [0.15, 0.2) is 0 Å². The summed E-state index contributed by atoms with van der Waals surface area (Å²) in [5.41, 5.74) is 2.09. The van der Waals surface area contributed by atoms with Crippen LogP contribution in [0.1, 0.15) is 36.9 Å². The average Bonchev–Trinajstić information content (AvgIpc) is 2.66. The van der Waals surface area contributed by atoms with E-state index in [1.165, 1.54) is 3.57 Å². The predicted molar refractivity (Wildman–Crippen MR) is 121 cm³/mol. The first-order valence-electron chi connectivity index (χ1n) is 9.72. The standard InChI is InChI=1S/C21H28IN5O/c1-14-11-19(27(2)3)26-21(24-14)25-18-9-7-16(8-10-18)20(28)23-13-15-5-4-6-17(22)12-15/h4-6,11-12,16,18H,7-10,13H2,1-3H3,(H,23,28)(H,24,25,26). The largest absolute Gasteiger partial charge is 0.363 e. The second-order valence-corrected chi connectivity index (χ2v) is 8.87. The molecular formula is C21H28IN5O. The number of carbonyl (C=O) groups excluding carboxylic acids is 1. The van der Waals surface area contributed by atoms with Gasteiger partial charge in [0.1, 0.15) is 5.82 Å². The van der Waals surface area contributed by atoms with Crippen LogP contribution >= 0.6 is 22.6 Å². The first-order chi connectivity index (χ1) is 13.4. The summed E-state index contributed by atoms with van der Waals surface area (Å²) in [6.07, 6.45) is 3.69. The maximum Gasteiger partial charge on any atom is 0.225 e. The fourth-order valence-corrected chi connectivity index (χ4v) is 4.12. The lowest BCUT2D eigenvalue weighted by Crippen LogP contribution is -2.36. The van der Waals surface area contributed by atoms with Crippen molar-refractivity contribution in [3.63, 3.8) is 0 Å². The lowest BCUT2D eigenvalue weighted by atomic mass is 9.85. The van der Waals surface area contributed by atoms with Crippen LogP contribution in [0.15, 0.2) is 30.3 Å². The second-order valence-electron chi connectivity index (χ2n) is 7.63. The van der Waals surface area contributed by atoms with Crippen LogP contribution in [-0.2, 0) is 11.3 Å². The Labute approximate surface area is 180 Å². The SMILES string of the molecule is Cc1cc(N(C)C)nc(NC2CCC(C(=O)NCc3cccc(I)c3)CC2)n1. The van der Waals surface area contributed by atoms with Crippen LogP contribution in [0.3, 0.4) is 0 Å². The molecule has 0 spiro atoms. The van der Waals surface area contributed by atoms with Crippen molar-refractivity contribution in [2.75, 3.05) is 24.3 Å². The van der Waals surface area contributed by atoms with E-state index in [1.54, 1.807) is 0 Å². The summed E-state index contributed by atoms with van der Waals surface area (Å²) in [6, 6.07) is 10.5. The third-order valence-electron chi connectivity index (χ3n) is 5.09. The van der Waals surface area contributed by atoms with Crippen molar-refractivity contribution in [2.45, 2.75) is 45.2 Å². The highest BCUT2D eigenvalue weighted by Crippen LogP contribution is 2.26. The Kier molecular flexibility index (Phi) is 7.09.